The highest BCUT2D eigenvalue weighted by atomic mass is 35.5. The van der Waals surface area contributed by atoms with Gasteiger partial charge >= 0.3 is 0 Å². The van der Waals surface area contributed by atoms with E-state index in [2.05, 4.69) is 4.98 Å². The smallest absolute Gasteiger partial charge is 0.0514 e. The number of nitrogens with one attached hydrogen (secondary N) is 1. The van der Waals surface area contributed by atoms with Gasteiger partial charge < -0.3 is 4.98 Å². The summed E-state index contributed by atoms with van der Waals surface area (Å²) in [7, 11) is 0. The van der Waals surface area contributed by atoms with Crippen LogP contribution in [0.15, 0.2) is 36.5 Å². The van der Waals surface area contributed by atoms with Crippen LogP contribution in [0.3, 0.4) is 0 Å². The van der Waals surface area contributed by atoms with Crippen molar-refractivity contribution in [3.05, 3.63) is 46.6 Å². The lowest BCUT2D eigenvalue weighted by Gasteiger charge is -2.01. The maximum absolute atomic E-state index is 6.02. The first-order valence-electron chi connectivity index (χ1n) is 3.86. The van der Waals surface area contributed by atoms with E-state index in [0.717, 1.165) is 11.3 Å². The molecule has 0 aliphatic carbocycles. The third kappa shape index (κ3) is 1.71. The molecule has 0 fully saturated rings. The second kappa shape index (κ2) is 3.44. The molecule has 1 N–H and O–H groups in total. The molecular formula is C10H7Cl2N. The zero-order valence-corrected chi connectivity index (χ0v) is 8.23. The van der Waals surface area contributed by atoms with E-state index in [0.29, 0.717) is 10.0 Å². The molecule has 2 aromatic rings. The number of benzene rings is 1. The van der Waals surface area contributed by atoms with Crippen LogP contribution in [-0.4, -0.2) is 4.98 Å². The molecule has 1 aromatic heterocycles. The van der Waals surface area contributed by atoms with Crippen molar-refractivity contribution in [3.8, 4) is 11.3 Å². The molecule has 0 spiro atoms. The van der Waals surface area contributed by atoms with Gasteiger partial charge in [-0.2, -0.15) is 0 Å². The molecular weight excluding hydrogens is 205 g/mol. The molecule has 0 aliphatic heterocycles. The highest BCUT2D eigenvalue weighted by Crippen LogP contribution is 2.28. The molecule has 1 aromatic carbocycles. The fourth-order valence-electron chi connectivity index (χ4n) is 1.21. The molecule has 1 heterocycles. The zero-order valence-electron chi connectivity index (χ0n) is 6.72. The molecule has 1 nitrogen and oxygen atoms in total. The SMILES string of the molecule is Clc1ccc(-c2ccc[nH]2)c(Cl)c1. The van der Waals surface area contributed by atoms with Crippen molar-refractivity contribution >= 4 is 23.2 Å². The molecule has 0 bridgehead atoms. The van der Waals surface area contributed by atoms with Gasteiger partial charge in [0.1, 0.15) is 0 Å². The average Bonchev–Trinajstić information content (AvgIpc) is 2.56. The largest absolute Gasteiger partial charge is 0.361 e. The van der Waals surface area contributed by atoms with Crippen molar-refractivity contribution in [3.63, 3.8) is 0 Å². The Bertz CT molecular complexity index is 407. The number of hydrogen-bond donors (Lipinski definition) is 1. The summed E-state index contributed by atoms with van der Waals surface area (Å²) in [5.74, 6) is 0. The van der Waals surface area contributed by atoms with E-state index in [4.69, 9.17) is 23.2 Å². The molecule has 0 amide bonds. The molecule has 0 saturated heterocycles. The third-order valence-electron chi connectivity index (χ3n) is 1.82. The van der Waals surface area contributed by atoms with Gasteiger partial charge in [0.25, 0.3) is 0 Å². The van der Waals surface area contributed by atoms with E-state index < -0.39 is 0 Å². The van der Waals surface area contributed by atoms with Crippen molar-refractivity contribution in [2.45, 2.75) is 0 Å². The Kier molecular flexibility index (Phi) is 2.30. The monoisotopic (exact) mass is 211 g/mol. The lowest BCUT2D eigenvalue weighted by atomic mass is 10.1. The summed E-state index contributed by atoms with van der Waals surface area (Å²) in [5.41, 5.74) is 1.97. The van der Waals surface area contributed by atoms with Gasteiger partial charge in [0.05, 0.1) is 5.02 Å². The van der Waals surface area contributed by atoms with Crippen molar-refractivity contribution in [1.29, 1.82) is 0 Å². The Balaban J connectivity index is 2.53. The summed E-state index contributed by atoms with van der Waals surface area (Å²) < 4.78 is 0. The Morgan fingerprint density at radius 2 is 1.92 bits per heavy atom. The van der Waals surface area contributed by atoms with Crippen LogP contribution in [0.25, 0.3) is 11.3 Å². The first kappa shape index (κ1) is 8.67. The molecule has 0 saturated carbocycles. The van der Waals surface area contributed by atoms with Gasteiger partial charge in [0.15, 0.2) is 0 Å². The van der Waals surface area contributed by atoms with E-state index in [1.165, 1.54) is 0 Å². The van der Waals surface area contributed by atoms with Gasteiger partial charge in [-0.05, 0) is 30.3 Å². The van der Waals surface area contributed by atoms with Crippen molar-refractivity contribution in [2.75, 3.05) is 0 Å². The number of hydrogen-bond acceptors (Lipinski definition) is 0. The van der Waals surface area contributed by atoms with Gasteiger partial charge in [-0.3, -0.25) is 0 Å². The van der Waals surface area contributed by atoms with Crippen LogP contribution in [-0.2, 0) is 0 Å². The summed E-state index contributed by atoms with van der Waals surface area (Å²) in [5, 5.41) is 1.32. The van der Waals surface area contributed by atoms with Crippen LogP contribution in [0.1, 0.15) is 0 Å². The van der Waals surface area contributed by atoms with Gasteiger partial charge in [-0.15, -0.1) is 0 Å². The highest BCUT2D eigenvalue weighted by Gasteiger charge is 2.03. The highest BCUT2D eigenvalue weighted by molar-refractivity contribution is 6.36. The standard InChI is InChI=1S/C10H7Cl2N/c11-7-3-4-8(9(12)6-7)10-2-1-5-13-10/h1-6,13H. The van der Waals surface area contributed by atoms with Crippen molar-refractivity contribution in [1.82, 2.24) is 4.98 Å². The van der Waals surface area contributed by atoms with E-state index in [1.54, 1.807) is 6.07 Å². The summed E-state index contributed by atoms with van der Waals surface area (Å²) >= 11 is 11.8. The molecule has 13 heavy (non-hydrogen) atoms. The van der Waals surface area contributed by atoms with Gasteiger partial charge in [0, 0.05) is 22.5 Å². The Hall–Kier alpha value is -0.920. The minimum atomic E-state index is 0.653. The minimum absolute atomic E-state index is 0.653. The van der Waals surface area contributed by atoms with Crippen LogP contribution >= 0.6 is 23.2 Å². The summed E-state index contributed by atoms with van der Waals surface area (Å²) in [6.45, 7) is 0. The maximum atomic E-state index is 6.02. The zero-order chi connectivity index (χ0) is 9.26. The lowest BCUT2D eigenvalue weighted by Crippen LogP contribution is -1.78. The van der Waals surface area contributed by atoms with E-state index >= 15 is 0 Å². The quantitative estimate of drug-likeness (QED) is 0.735. The molecule has 0 atom stereocenters. The molecule has 2 rings (SSSR count). The molecule has 0 unspecified atom stereocenters. The van der Waals surface area contributed by atoms with Gasteiger partial charge in [-0.25, -0.2) is 0 Å². The maximum Gasteiger partial charge on any atom is 0.0514 e. The molecule has 0 radical (unpaired) electrons. The Labute approximate surface area is 86.3 Å². The number of rotatable bonds is 1. The minimum Gasteiger partial charge on any atom is -0.361 e. The summed E-state index contributed by atoms with van der Waals surface area (Å²) in [6, 6.07) is 9.36. The van der Waals surface area contributed by atoms with Crippen LogP contribution in [0, 0.1) is 0 Å². The van der Waals surface area contributed by atoms with Crippen LogP contribution in [0.4, 0.5) is 0 Å². The summed E-state index contributed by atoms with van der Waals surface area (Å²) in [4.78, 5) is 3.09. The van der Waals surface area contributed by atoms with Crippen LogP contribution in [0.2, 0.25) is 10.0 Å². The fourth-order valence-corrected chi connectivity index (χ4v) is 1.72. The number of H-pyrrole nitrogens is 1. The van der Waals surface area contributed by atoms with Crippen molar-refractivity contribution in [2.24, 2.45) is 0 Å². The van der Waals surface area contributed by atoms with Gasteiger partial charge in [-0.1, -0.05) is 23.2 Å². The number of halogens is 2. The number of aromatic nitrogens is 1. The average molecular weight is 212 g/mol. The fraction of sp³-hybridized carbons (Fsp3) is 0. The summed E-state index contributed by atoms with van der Waals surface area (Å²) in [6.07, 6.45) is 1.86. The second-order valence-corrected chi connectivity index (χ2v) is 3.55. The van der Waals surface area contributed by atoms with E-state index in [1.807, 2.05) is 30.5 Å². The third-order valence-corrected chi connectivity index (χ3v) is 2.37. The first-order valence-corrected chi connectivity index (χ1v) is 4.62. The predicted octanol–water partition coefficient (Wildman–Crippen LogP) is 3.99. The first-order chi connectivity index (χ1) is 6.27. The Morgan fingerprint density at radius 3 is 2.54 bits per heavy atom. The normalized spacial score (nSPS) is 10.3. The Morgan fingerprint density at radius 1 is 1.08 bits per heavy atom. The van der Waals surface area contributed by atoms with Crippen LogP contribution < -0.4 is 0 Å². The topological polar surface area (TPSA) is 15.8 Å². The number of aromatic amines is 1. The lowest BCUT2D eigenvalue weighted by molar-refractivity contribution is 1.40. The second-order valence-electron chi connectivity index (χ2n) is 2.71. The molecule has 3 heteroatoms. The van der Waals surface area contributed by atoms with Crippen molar-refractivity contribution < 1.29 is 0 Å². The van der Waals surface area contributed by atoms with E-state index in [-0.39, 0.29) is 0 Å². The molecule has 66 valence electrons. The molecule has 0 aliphatic rings. The van der Waals surface area contributed by atoms with Gasteiger partial charge in [0.2, 0.25) is 0 Å². The predicted molar refractivity (Wildman–Crippen MR) is 56.2 cm³/mol. The van der Waals surface area contributed by atoms with Crippen LogP contribution in [0.5, 0.6) is 0 Å². The van der Waals surface area contributed by atoms with E-state index in [9.17, 15) is 0 Å².